The fourth-order valence-corrected chi connectivity index (χ4v) is 2.23. The van der Waals surface area contributed by atoms with Crippen molar-refractivity contribution in [3.8, 4) is 0 Å². The number of hydrogen-bond donors (Lipinski definition) is 0. The first-order valence-electron chi connectivity index (χ1n) is 5.27. The summed E-state index contributed by atoms with van der Waals surface area (Å²) in [6, 6.07) is 0. The number of rotatable bonds is 2. The first-order chi connectivity index (χ1) is 6.47. The molecule has 1 heteroatoms. The summed E-state index contributed by atoms with van der Waals surface area (Å²) in [6.07, 6.45) is 7.72. The maximum atomic E-state index is 10.6. The zero-order valence-corrected chi connectivity index (χ0v) is 9.63. The van der Waals surface area contributed by atoms with Crippen LogP contribution < -0.4 is 0 Å². The Labute approximate surface area is 86.9 Å². The SMILES string of the molecule is CC1=CCCC(C)(C)C1/C=C(/C)C=O. The molecule has 1 rings (SSSR count). The first-order valence-corrected chi connectivity index (χ1v) is 5.27. The number of hydrogen-bond acceptors (Lipinski definition) is 1. The fourth-order valence-electron chi connectivity index (χ4n) is 2.23. The van der Waals surface area contributed by atoms with Gasteiger partial charge in [-0.15, -0.1) is 0 Å². The Kier molecular flexibility index (Phi) is 3.30. The maximum absolute atomic E-state index is 10.6. The van der Waals surface area contributed by atoms with Gasteiger partial charge in [-0.1, -0.05) is 31.6 Å². The summed E-state index contributed by atoms with van der Waals surface area (Å²) in [7, 11) is 0. The zero-order valence-electron chi connectivity index (χ0n) is 9.63. The van der Waals surface area contributed by atoms with Crippen LogP contribution >= 0.6 is 0 Å². The lowest BCUT2D eigenvalue weighted by Crippen LogP contribution is -2.26. The number of carbonyl (C=O) groups excluding carboxylic acids is 1. The van der Waals surface area contributed by atoms with Crippen molar-refractivity contribution in [2.75, 3.05) is 0 Å². The molecule has 1 nitrogen and oxygen atoms in total. The summed E-state index contributed by atoms with van der Waals surface area (Å²) in [4.78, 5) is 10.6. The van der Waals surface area contributed by atoms with Gasteiger partial charge in [0.25, 0.3) is 0 Å². The van der Waals surface area contributed by atoms with Crippen molar-refractivity contribution >= 4 is 6.29 Å². The van der Waals surface area contributed by atoms with E-state index in [0.29, 0.717) is 11.3 Å². The van der Waals surface area contributed by atoms with E-state index in [-0.39, 0.29) is 0 Å². The van der Waals surface area contributed by atoms with Gasteiger partial charge in [0.1, 0.15) is 6.29 Å². The van der Waals surface area contributed by atoms with Gasteiger partial charge in [-0.25, -0.2) is 0 Å². The molecule has 1 aliphatic rings. The molecule has 0 saturated heterocycles. The van der Waals surface area contributed by atoms with E-state index in [1.165, 1.54) is 18.4 Å². The predicted molar refractivity (Wildman–Crippen MR) is 60.1 cm³/mol. The molecule has 0 N–H and O–H groups in total. The standard InChI is InChI=1S/C13H20O/c1-10(9-14)8-12-11(2)6-5-7-13(12,3)4/h6,8-9,12H,5,7H2,1-4H3/b10-8-. The quantitative estimate of drug-likeness (QED) is 0.372. The van der Waals surface area contributed by atoms with Crippen molar-refractivity contribution in [3.05, 3.63) is 23.3 Å². The third-order valence-corrected chi connectivity index (χ3v) is 3.20. The summed E-state index contributed by atoms with van der Waals surface area (Å²) in [5.74, 6) is 0.432. The second-order valence-electron chi connectivity index (χ2n) is 4.98. The van der Waals surface area contributed by atoms with E-state index < -0.39 is 0 Å². The Morgan fingerprint density at radius 3 is 2.71 bits per heavy atom. The summed E-state index contributed by atoms with van der Waals surface area (Å²) in [6.45, 7) is 8.61. The van der Waals surface area contributed by atoms with E-state index >= 15 is 0 Å². The molecule has 0 fully saturated rings. The molecule has 1 unspecified atom stereocenters. The predicted octanol–water partition coefficient (Wildman–Crippen LogP) is 3.51. The minimum atomic E-state index is 0.295. The fraction of sp³-hybridized carbons (Fsp3) is 0.615. The van der Waals surface area contributed by atoms with Gasteiger partial charge in [0.2, 0.25) is 0 Å². The molecule has 0 aromatic heterocycles. The number of allylic oxidation sites excluding steroid dienone is 4. The molecule has 1 atom stereocenters. The van der Waals surface area contributed by atoms with Crippen molar-refractivity contribution < 1.29 is 4.79 Å². The van der Waals surface area contributed by atoms with E-state index in [0.717, 1.165) is 11.9 Å². The van der Waals surface area contributed by atoms with Gasteiger partial charge in [-0.2, -0.15) is 0 Å². The van der Waals surface area contributed by atoms with Crippen LogP contribution in [0.2, 0.25) is 0 Å². The van der Waals surface area contributed by atoms with Crippen LogP contribution in [0, 0.1) is 11.3 Å². The van der Waals surface area contributed by atoms with Gasteiger partial charge in [-0.3, -0.25) is 4.79 Å². The van der Waals surface area contributed by atoms with E-state index in [4.69, 9.17) is 0 Å². The van der Waals surface area contributed by atoms with Crippen LogP contribution in [0.25, 0.3) is 0 Å². The lowest BCUT2D eigenvalue weighted by atomic mass is 9.68. The van der Waals surface area contributed by atoms with Crippen molar-refractivity contribution in [3.63, 3.8) is 0 Å². The van der Waals surface area contributed by atoms with Crippen LogP contribution in [-0.2, 0) is 4.79 Å². The highest BCUT2D eigenvalue weighted by molar-refractivity contribution is 5.72. The Morgan fingerprint density at radius 1 is 1.57 bits per heavy atom. The highest BCUT2D eigenvalue weighted by Crippen LogP contribution is 2.41. The monoisotopic (exact) mass is 192 g/mol. The molecule has 14 heavy (non-hydrogen) atoms. The lowest BCUT2D eigenvalue weighted by molar-refractivity contribution is -0.104. The number of aldehydes is 1. The highest BCUT2D eigenvalue weighted by atomic mass is 16.1. The van der Waals surface area contributed by atoms with E-state index in [1.807, 2.05) is 6.92 Å². The Hall–Kier alpha value is -0.850. The average Bonchev–Trinajstić information content (AvgIpc) is 2.11. The molecule has 0 heterocycles. The molecule has 0 aliphatic heterocycles. The van der Waals surface area contributed by atoms with Crippen LogP contribution in [0.5, 0.6) is 0 Å². The van der Waals surface area contributed by atoms with Crippen LogP contribution in [0.1, 0.15) is 40.5 Å². The van der Waals surface area contributed by atoms with E-state index in [2.05, 4.69) is 32.9 Å². The minimum absolute atomic E-state index is 0.295. The molecule has 0 bridgehead atoms. The minimum Gasteiger partial charge on any atom is -0.298 e. The van der Waals surface area contributed by atoms with Crippen LogP contribution in [0.4, 0.5) is 0 Å². The highest BCUT2D eigenvalue weighted by Gasteiger charge is 2.30. The van der Waals surface area contributed by atoms with E-state index in [1.54, 1.807) is 0 Å². The molecule has 0 aromatic carbocycles. The molecule has 1 aliphatic carbocycles. The summed E-state index contributed by atoms with van der Waals surface area (Å²) >= 11 is 0. The van der Waals surface area contributed by atoms with Gasteiger partial charge < -0.3 is 0 Å². The lowest BCUT2D eigenvalue weighted by Gasteiger charge is -2.36. The maximum Gasteiger partial charge on any atom is 0.145 e. The molecular weight excluding hydrogens is 172 g/mol. The Balaban J connectivity index is 2.97. The van der Waals surface area contributed by atoms with Crippen molar-refractivity contribution in [2.24, 2.45) is 11.3 Å². The van der Waals surface area contributed by atoms with Gasteiger partial charge in [-0.05, 0) is 37.7 Å². The van der Waals surface area contributed by atoms with Crippen molar-refractivity contribution in [1.29, 1.82) is 0 Å². The largest absolute Gasteiger partial charge is 0.298 e. The first kappa shape index (κ1) is 11.2. The van der Waals surface area contributed by atoms with Crippen molar-refractivity contribution in [2.45, 2.75) is 40.5 Å². The topological polar surface area (TPSA) is 17.1 Å². The third-order valence-electron chi connectivity index (χ3n) is 3.20. The molecule has 0 aromatic rings. The Bertz CT molecular complexity index is 282. The van der Waals surface area contributed by atoms with Crippen LogP contribution in [0.3, 0.4) is 0 Å². The zero-order chi connectivity index (χ0) is 10.8. The molecule has 0 amide bonds. The molecule has 0 saturated carbocycles. The summed E-state index contributed by atoms with van der Waals surface area (Å²) in [5.41, 5.74) is 2.54. The van der Waals surface area contributed by atoms with Crippen LogP contribution in [0.15, 0.2) is 23.3 Å². The second-order valence-corrected chi connectivity index (χ2v) is 4.98. The third kappa shape index (κ3) is 2.34. The summed E-state index contributed by atoms with van der Waals surface area (Å²) < 4.78 is 0. The Morgan fingerprint density at radius 2 is 2.21 bits per heavy atom. The molecule has 0 radical (unpaired) electrons. The normalized spacial score (nSPS) is 27.0. The van der Waals surface area contributed by atoms with Gasteiger partial charge in [0.15, 0.2) is 0 Å². The van der Waals surface area contributed by atoms with Crippen LogP contribution in [-0.4, -0.2) is 6.29 Å². The molecular formula is C13H20O. The average molecular weight is 192 g/mol. The second kappa shape index (κ2) is 4.12. The van der Waals surface area contributed by atoms with Crippen molar-refractivity contribution in [1.82, 2.24) is 0 Å². The summed E-state index contributed by atoms with van der Waals surface area (Å²) in [5, 5.41) is 0. The van der Waals surface area contributed by atoms with Gasteiger partial charge in [0.05, 0.1) is 0 Å². The molecule has 0 spiro atoms. The molecule has 78 valence electrons. The van der Waals surface area contributed by atoms with Gasteiger partial charge >= 0.3 is 0 Å². The van der Waals surface area contributed by atoms with E-state index in [9.17, 15) is 4.79 Å². The number of carbonyl (C=O) groups is 1. The van der Waals surface area contributed by atoms with Gasteiger partial charge in [0, 0.05) is 5.92 Å². The smallest absolute Gasteiger partial charge is 0.145 e.